The third kappa shape index (κ3) is 2.35. The molecule has 2 rings (SSSR count). The van der Waals surface area contributed by atoms with Crippen molar-refractivity contribution < 1.29 is 24.9 Å². The van der Waals surface area contributed by atoms with Crippen molar-refractivity contribution >= 4 is 0 Å². The van der Waals surface area contributed by atoms with Gasteiger partial charge in [0, 0.05) is 0 Å². The molecule has 0 bridgehead atoms. The molecule has 0 aromatic carbocycles. The maximum Gasteiger partial charge on any atom is 0.141 e. The summed E-state index contributed by atoms with van der Waals surface area (Å²) in [5.41, 5.74) is 0. The summed E-state index contributed by atoms with van der Waals surface area (Å²) in [5.74, 6) is 0. The Hall–Kier alpha value is -0.200. The Labute approximate surface area is 102 Å². The molecular weight excluding hydrogens is 222 g/mol. The summed E-state index contributed by atoms with van der Waals surface area (Å²) in [5, 5.41) is 39.1. The molecule has 2 aliphatic heterocycles. The largest absolute Gasteiger partial charge is 0.390 e. The first-order chi connectivity index (χ1) is 8.10. The highest BCUT2D eigenvalue weighted by molar-refractivity contribution is 4.88. The first kappa shape index (κ1) is 13.2. The van der Waals surface area contributed by atoms with Gasteiger partial charge in [-0.1, -0.05) is 0 Å². The minimum Gasteiger partial charge on any atom is -0.390 e. The van der Waals surface area contributed by atoms with Gasteiger partial charge in [-0.3, -0.25) is 0 Å². The van der Waals surface area contributed by atoms with E-state index in [0.29, 0.717) is 11.0 Å². The van der Waals surface area contributed by atoms with Gasteiger partial charge < -0.3 is 24.9 Å². The number of piperidine rings is 1. The Morgan fingerprint density at radius 3 is 2.00 bits per heavy atom. The van der Waals surface area contributed by atoms with Crippen LogP contribution < -0.4 is 0 Å². The number of quaternary nitrogens is 1. The van der Waals surface area contributed by atoms with Crippen LogP contribution in [0.5, 0.6) is 0 Å². The summed E-state index contributed by atoms with van der Waals surface area (Å²) in [6.45, 7) is 2.08. The summed E-state index contributed by atoms with van der Waals surface area (Å²) in [6, 6.07) is -0.355. The van der Waals surface area contributed by atoms with Gasteiger partial charge in [0.25, 0.3) is 0 Å². The fraction of sp³-hybridized carbons (Fsp3) is 1.00. The second-order valence-corrected chi connectivity index (χ2v) is 5.56. The maximum absolute atomic E-state index is 10.0. The molecule has 1 spiro atoms. The van der Waals surface area contributed by atoms with E-state index in [1.165, 1.54) is 12.8 Å². The van der Waals surface area contributed by atoms with E-state index in [1.807, 2.05) is 0 Å². The van der Waals surface area contributed by atoms with Crippen LogP contribution in [0.4, 0.5) is 0 Å². The molecule has 100 valence electrons. The zero-order valence-electron chi connectivity index (χ0n) is 10.2. The van der Waals surface area contributed by atoms with Crippen LogP contribution in [0.15, 0.2) is 0 Å². The average molecular weight is 246 g/mol. The highest BCUT2D eigenvalue weighted by Crippen LogP contribution is 2.30. The molecule has 0 saturated carbocycles. The van der Waals surface area contributed by atoms with Gasteiger partial charge in [-0.15, -0.1) is 0 Å². The van der Waals surface area contributed by atoms with Gasteiger partial charge >= 0.3 is 0 Å². The zero-order valence-corrected chi connectivity index (χ0v) is 10.2. The highest BCUT2D eigenvalue weighted by Gasteiger charge is 2.51. The van der Waals surface area contributed by atoms with E-state index in [1.54, 1.807) is 0 Å². The zero-order chi connectivity index (χ0) is 12.5. The van der Waals surface area contributed by atoms with E-state index in [9.17, 15) is 20.4 Å². The smallest absolute Gasteiger partial charge is 0.141 e. The quantitative estimate of drug-likeness (QED) is 0.440. The van der Waals surface area contributed by atoms with E-state index in [2.05, 4.69) is 0 Å². The molecule has 2 heterocycles. The summed E-state index contributed by atoms with van der Waals surface area (Å²) in [7, 11) is 0. The molecule has 4 N–H and O–H groups in total. The van der Waals surface area contributed by atoms with Gasteiger partial charge in [0.15, 0.2) is 0 Å². The molecule has 17 heavy (non-hydrogen) atoms. The Kier molecular flexibility index (Phi) is 4.05. The first-order valence-corrected chi connectivity index (χ1v) is 6.61. The number of nitrogens with zero attached hydrogens (tertiary/aromatic N) is 1. The van der Waals surface area contributed by atoms with Gasteiger partial charge in [0.05, 0.1) is 19.7 Å². The molecule has 0 aromatic heterocycles. The normalized spacial score (nSPS) is 42.4. The molecule has 0 amide bonds. The van der Waals surface area contributed by atoms with Gasteiger partial charge in [-0.2, -0.15) is 0 Å². The Morgan fingerprint density at radius 2 is 1.47 bits per heavy atom. The van der Waals surface area contributed by atoms with Crippen LogP contribution in [0.1, 0.15) is 25.7 Å². The summed E-state index contributed by atoms with van der Waals surface area (Å²) < 4.78 is 0.565. The number of aliphatic hydroxyl groups excluding tert-OH is 4. The Bertz CT molecular complexity index is 253. The van der Waals surface area contributed by atoms with Crippen LogP contribution in [0.25, 0.3) is 0 Å². The van der Waals surface area contributed by atoms with Crippen molar-refractivity contribution in [2.75, 3.05) is 26.2 Å². The molecule has 2 aliphatic rings. The third-order valence-corrected chi connectivity index (χ3v) is 4.54. The second-order valence-electron chi connectivity index (χ2n) is 5.56. The lowest BCUT2D eigenvalue weighted by molar-refractivity contribution is -0.963. The third-order valence-electron chi connectivity index (χ3n) is 4.54. The lowest BCUT2D eigenvalue weighted by atomic mass is 9.90. The van der Waals surface area contributed by atoms with Gasteiger partial charge in [0.2, 0.25) is 0 Å². The van der Waals surface area contributed by atoms with Crippen molar-refractivity contribution in [2.45, 2.75) is 50.0 Å². The van der Waals surface area contributed by atoms with E-state index in [0.717, 1.165) is 25.9 Å². The number of hydrogen-bond donors (Lipinski definition) is 4. The molecule has 5 heteroatoms. The topological polar surface area (TPSA) is 80.9 Å². The number of hydrogen-bond acceptors (Lipinski definition) is 4. The summed E-state index contributed by atoms with van der Waals surface area (Å²) >= 11 is 0. The minimum absolute atomic E-state index is 0.134. The van der Waals surface area contributed by atoms with Crippen molar-refractivity contribution in [1.82, 2.24) is 0 Å². The van der Waals surface area contributed by atoms with Crippen molar-refractivity contribution in [3.63, 3.8) is 0 Å². The molecule has 0 radical (unpaired) electrons. The molecule has 0 aromatic rings. The minimum atomic E-state index is -1.13. The van der Waals surface area contributed by atoms with E-state index >= 15 is 0 Å². The first-order valence-electron chi connectivity index (χ1n) is 6.61. The van der Waals surface area contributed by atoms with Crippen LogP contribution in [0.3, 0.4) is 0 Å². The standard InChI is InChI=1S/C12H24NO4/c14-8-9-11(16)12(17)10(15)7-13(9)5-3-1-2-4-6-13/h9-12,14-17H,1-8H2/q+1/t9-,10+,11+,12-/m1/s1. The summed E-state index contributed by atoms with van der Waals surface area (Å²) in [4.78, 5) is 0. The second kappa shape index (κ2) is 5.20. The molecule has 0 aliphatic carbocycles. The lowest BCUT2D eigenvalue weighted by Gasteiger charge is -2.51. The van der Waals surface area contributed by atoms with Crippen molar-refractivity contribution in [2.24, 2.45) is 0 Å². The molecule has 0 unspecified atom stereocenters. The number of rotatable bonds is 1. The molecular formula is C12H24NO4+. The highest BCUT2D eigenvalue weighted by atomic mass is 16.4. The fourth-order valence-electron chi connectivity index (χ4n) is 3.51. The Balaban J connectivity index is 2.22. The predicted molar refractivity (Wildman–Crippen MR) is 62.2 cm³/mol. The van der Waals surface area contributed by atoms with Crippen LogP contribution in [0, 0.1) is 0 Å². The van der Waals surface area contributed by atoms with Crippen molar-refractivity contribution in [3.8, 4) is 0 Å². The van der Waals surface area contributed by atoms with Gasteiger partial charge in [-0.25, -0.2) is 0 Å². The molecule has 5 nitrogen and oxygen atoms in total. The molecule has 2 saturated heterocycles. The van der Waals surface area contributed by atoms with Crippen LogP contribution in [0.2, 0.25) is 0 Å². The fourth-order valence-corrected chi connectivity index (χ4v) is 3.51. The number of aliphatic hydroxyl groups is 4. The van der Waals surface area contributed by atoms with E-state index in [4.69, 9.17) is 0 Å². The lowest BCUT2D eigenvalue weighted by Crippen LogP contribution is -2.72. The van der Waals surface area contributed by atoms with Crippen molar-refractivity contribution in [1.29, 1.82) is 0 Å². The Morgan fingerprint density at radius 1 is 0.882 bits per heavy atom. The SMILES string of the molecule is OC[C@@H]1[C@H](O)[C@H](O)[C@@H](O)C[N+]12CCCCCC2. The maximum atomic E-state index is 10.0. The van der Waals surface area contributed by atoms with Crippen LogP contribution >= 0.6 is 0 Å². The summed E-state index contributed by atoms with van der Waals surface area (Å²) in [6.07, 6.45) is 1.43. The average Bonchev–Trinajstić information content (AvgIpc) is 2.53. The van der Waals surface area contributed by atoms with Crippen LogP contribution in [-0.4, -0.2) is 75.5 Å². The van der Waals surface area contributed by atoms with Gasteiger partial charge in [0.1, 0.15) is 30.9 Å². The van der Waals surface area contributed by atoms with Crippen LogP contribution in [-0.2, 0) is 0 Å². The predicted octanol–water partition coefficient (Wildman–Crippen LogP) is -1.17. The van der Waals surface area contributed by atoms with Gasteiger partial charge in [-0.05, 0) is 25.7 Å². The molecule has 2 fully saturated rings. The van der Waals surface area contributed by atoms with Crippen molar-refractivity contribution in [3.05, 3.63) is 0 Å². The van der Waals surface area contributed by atoms with E-state index in [-0.39, 0.29) is 12.6 Å². The van der Waals surface area contributed by atoms with E-state index < -0.39 is 18.3 Å². The molecule has 4 atom stereocenters. The monoisotopic (exact) mass is 246 g/mol.